The third-order valence-electron chi connectivity index (χ3n) is 3.65. The Morgan fingerprint density at radius 1 is 1.21 bits per heavy atom. The summed E-state index contributed by atoms with van der Waals surface area (Å²) in [4.78, 5) is 12.1. The molecule has 0 saturated carbocycles. The van der Waals surface area contributed by atoms with Crippen LogP contribution in [0.4, 0.5) is 14.5 Å². The molecule has 3 rings (SSSR count). The van der Waals surface area contributed by atoms with Crippen LogP contribution < -0.4 is 10.1 Å². The predicted molar refractivity (Wildman–Crippen MR) is 104 cm³/mol. The molecule has 1 aromatic heterocycles. The van der Waals surface area contributed by atoms with Gasteiger partial charge in [-0.15, -0.1) is 10.2 Å². The Kier molecular flexibility index (Phi) is 6.48. The van der Waals surface area contributed by atoms with Crippen molar-refractivity contribution >= 4 is 35.0 Å². The van der Waals surface area contributed by atoms with Gasteiger partial charge in [0.15, 0.2) is 11.0 Å². The first-order chi connectivity index (χ1) is 13.4. The fourth-order valence-electron chi connectivity index (χ4n) is 2.36. The first-order valence-electron chi connectivity index (χ1n) is 8.06. The van der Waals surface area contributed by atoms with Gasteiger partial charge in [0.25, 0.3) is 0 Å². The molecule has 6 nitrogen and oxygen atoms in total. The van der Waals surface area contributed by atoms with Crippen LogP contribution in [0.25, 0.3) is 11.4 Å². The summed E-state index contributed by atoms with van der Waals surface area (Å²) in [7, 11) is 1.76. The molecule has 0 spiro atoms. The molecule has 146 valence electrons. The number of ether oxygens (including phenoxy) is 1. The topological polar surface area (TPSA) is 69.0 Å². The van der Waals surface area contributed by atoms with Gasteiger partial charge < -0.3 is 14.6 Å². The number of anilines is 1. The number of nitrogens with zero attached hydrogens (tertiary/aromatic N) is 3. The number of para-hydroxylation sites is 1. The number of hydrogen-bond acceptors (Lipinski definition) is 5. The van der Waals surface area contributed by atoms with Gasteiger partial charge in [-0.1, -0.05) is 35.5 Å². The quantitative estimate of drug-likeness (QED) is 0.567. The van der Waals surface area contributed by atoms with E-state index in [9.17, 15) is 13.6 Å². The van der Waals surface area contributed by atoms with Crippen molar-refractivity contribution in [3.8, 4) is 17.1 Å². The molecular formula is C18H15ClF2N4O2S. The third kappa shape index (κ3) is 4.99. The Morgan fingerprint density at radius 2 is 1.93 bits per heavy atom. The molecule has 0 unspecified atom stereocenters. The van der Waals surface area contributed by atoms with Crippen LogP contribution in [0.15, 0.2) is 53.7 Å². The second-order valence-corrected chi connectivity index (χ2v) is 6.93. The highest BCUT2D eigenvalue weighted by Gasteiger charge is 2.14. The number of alkyl halides is 2. The number of benzene rings is 2. The number of carbonyl (C=O) groups excluding carboxylic acids is 1. The summed E-state index contributed by atoms with van der Waals surface area (Å²) in [6.07, 6.45) is 0. The Morgan fingerprint density at radius 3 is 2.61 bits per heavy atom. The molecule has 1 amide bonds. The summed E-state index contributed by atoms with van der Waals surface area (Å²) < 4.78 is 30.5. The first kappa shape index (κ1) is 20.1. The molecule has 0 saturated heterocycles. The average Bonchev–Trinajstić information content (AvgIpc) is 3.03. The second kappa shape index (κ2) is 9.03. The Bertz CT molecular complexity index is 966. The van der Waals surface area contributed by atoms with Gasteiger partial charge in [0.05, 0.1) is 16.5 Å². The zero-order valence-corrected chi connectivity index (χ0v) is 16.2. The number of halogens is 3. The maximum Gasteiger partial charge on any atom is 0.387 e. The summed E-state index contributed by atoms with van der Waals surface area (Å²) in [5, 5.41) is 11.9. The van der Waals surface area contributed by atoms with E-state index >= 15 is 0 Å². The lowest BCUT2D eigenvalue weighted by Gasteiger charge is -2.07. The van der Waals surface area contributed by atoms with E-state index in [0.717, 1.165) is 0 Å². The summed E-state index contributed by atoms with van der Waals surface area (Å²) in [6, 6.07) is 13.0. The predicted octanol–water partition coefficient (Wildman–Crippen LogP) is 4.47. The van der Waals surface area contributed by atoms with Crippen molar-refractivity contribution in [3.63, 3.8) is 0 Å². The van der Waals surface area contributed by atoms with Gasteiger partial charge in [-0.05, 0) is 36.4 Å². The molecule has 0 aliphatic heterocycles. The Balaban J connectivity index is 1.63. The van der Waals surface area contributed by atoms with Crippen LogP contribution in [-0.4, -0.2) is 33.0 Å². The minimum absolute atomic E-state index is 0.0618. The number of thioether (sulfide) groups is 1. The standard InChI is InChI=1S/C18H15ClF2N4O2S/c1-25-16(11-6-8-12(9-7-11)27-17(20)21)23-24-18(25)28-10-15(26)22-14-5-3-2-4-13(14)19/h2-9,17H,10H2,1H3,(H,22,26). The van der Waals surface area contributed by atoms with E-state index in [1.54, 1.807) is 48.0 Å². The number of nitrogens with one attached hydrogen (secondary N) is 1. The SMILES string of the molecule is Cn1c(SCC(=O)Nc2ccccc2Cl)nnc1-c1ccc(OC(F)F)cc1. The molecule has 1 heterocycles. The van der Waals surface area contributed by atoms with Gasteiger partial charge in [0.1, 0.15) is 5.75 Å². The number of rotatable bonds is 7. The van der Waals surface area contributed by atoms with E-state index in [1.165, 1.54) is 23.9 Å². The van der Waals surface area contributed by atoms with Gasteiger partial charge in [0, 0.05) is 12.6 Å². The number of aromatic nitrogens is 3. The van der Waals surface area contributed by atoms with E-state index in [2.05, 4.69) is 20.3 Å². The zero-order valence-electron chi connectivity index (χ0n) is 14.6. The molecule has 0 radical (unpaired) electrons. The summed E-state index contributed by atoms with van der Waals surface area (Å²) in [5.74, 6) is 0.499. The van der Waals surface area contributed by atoms with Crippen LogP contribution in [0.1, 0.15) is 0 Å². The lowest BCUT2D eigenvalue weighted by atomic mass is 10.2. The lowest BCUT2D eigenvalue weighted by Crippen LogP contribution is -2.14. The summed E-state index contributed by atoms with van der Waals surface area (Å²) >= 11 is 7.24. The van der Waals surface area contributed by atoms with Crippen LogP contribution in [0.5, 0.6) is 5.75 Å². The van der Waals surface area contributed by atoms with E-state index in [0.29, 0.717) is 27.3 Å². The normalized spacial score (nSPS) is 10.9. The van der Waals surface area contributed by atoms with Gasteiger partial charge in [-0.2, -0.15) is 8.78 Å². The molecule has 0 fully saturated rings. The molecule has 28 heavy (non-hydrogen) atoms. The Labute approximate surface area is 168 Å². The maximum absolute atomic E-state index is 12.2. The van der Waals surface area contributed by atoms with Crippen molar-refractivity contribution in [3.05, 3.63) is 53.6 Å². The molecular weight excluding hydrogens is 410 g/mol. The minimum atomic E-state index is -2.87. The molecule has 0 atom stereocenters. The van der Waals surface area contributed by atoms with Crippen molar-refractivity contribution in [1.29, 1.82) is 0 Å². The van der Waals surface area contributed by atoms with E-state index < -0.39 is 6.61 Å². The first-order valence-corrected chi connectivity index (χ1v) is 9.42. The highest BCUT2D eigenvalue weighted by Crippen LogP contribution is 2.26. The summed E-state index contributed by atoms with van der Waals surface area (Å²) in [6.45, 7) is -2.87. The van der Waals surface area contributed by atoms with Gasteiger partial charge in [0.2, 0.25) is 5.91 Å². The van der Waals surface area contributed by atoms with Crippen LogP contribution in [0.2, 0.25) is 5.02 Å². The average molecular weight is 425 g/mol. The van der Waals surface area contributed by atoms with Crippen molar-refractivity contribution in [2.45, 2.75) is 11.8 Å². The molecule has 3 aromatic rings. The second-order valence-electron chi connectivity index (χ2n) is 5.58. The number of carbonyl (C=O) groups is 1. The highest BCUT2D eigenvalue weighted by molar-refractivity contribution is 7.99. The fraction of sp³-hybridized carbons (Fsp3) is 0.167. The zero-order chi connectivity index (χ0) is 20.1. The van der Waals surface area contributed by atoms with Gasteiger partial charge in [-0.25, -0.2) is 0 Å². The third-order valence-corrected chi connectivity index (χ3v) is 5.00. The number of amides is 1. The van der Waals surface area contributed by atoms with Crippen LogP contribution in [-0.2, 0) is 11.8 Å². The highest BCUT2D eigenvalue weighted by atomic mass is 35.5. The minimum Gasteiger partial charge on any atom is -0.435 e. The molecule has 1 N–H and O–H groups in total. The van der Waals surface area contributed by atoms with Crippen LogP contribution in [0.3, 0.4) is 0 Å². The van der Waals surface area contributed by atoms with Crippen molar-refractivity contribution in [2.24, 2.45) is 7.05 Å². The molecule has 2 aromatic carbocycles. The monoisotopic (exact) mass is 424 g/mol. The van der Waals surface area contributed by atoms with Crippen LogP contribution >= 0.6 is 23.4 Å². The van der Waals surface area contributed by atoms with Crippen molar-refractivity contribution < 1.29 is 18.3 Å². The maximum atomic E-state index is 12.2. The van der Waals surface area contributed by atoms with Crippen LogP contribution in [0, 0.1) is 0 Å². The van der Waals surface area contributed by atoms with Gasteiger partial charge >= 0.3 is 6.61 Å². The lowest BCUT2D eigenvalue weighted by molar-refractivity contribution is -0.113. The molecule has 10 heteroatoms. The van der Waals surface area contributed by atoms with E-state index in [1.807, 2.05) is 0 Å². The largest absolute Gasteiger partial charge is 0.435 e. The van der Waals surface area contributed by atoms with E-state index in [4.69, 9.17) is 11.6 Å². The summed E-state index contributed by atoms with van der Waals surface area (Å²) in [5.41, 5.74) is 1.23. The van der Waals surface area contributed by atoms with E-state index in [-0.39, 0.29) is 17.4 Å². The molecule has 0 aliphatic rings. The Hall–Kier alpha value is -2.65. The number of hydrogen-bond donors (Lipinski definition) is 1. The van der Waals surface area contributed by atoms with Crippen molar-refractivity contribution in [2.75, 3.05) is 11.1 Å². The van der Waals surface area contributed by atoms with Gasteiger partial charge in [-0.3, -0.25) is 4.79 Å². The smallest absolute Gasteiger partial charge is 0.387 e. The van der Waals surface area contributed by atoms with Crippen molar-refractivity contribution in [1.82, 2.24) is 14.8 Å². The molecule has 0 aliphatic carbocycles. The fourth-order valence-corrected chi connectivity index (χ4v) is 3.25. The molecule has 0 bridgehead atoms.